The topological polar surface area (TPSA) is 55.1 Å². The highest BCUT2D eigenvalue weighted by Gasteiger charge is 2.15. The van der Waals surface area contributed by atoms with Crippen molar-refractivity contribution >= 4 is 21.8 Å². The van der Waals surface area contributed by atoms with Gasteiger partial charge >= 0.3 is 0 Å². The largest absolute Gasteiger partial charge is 0.444 e. The Kier molecular flexibility index (Phi) is 3.76. The van der Waals surface area contributed by atoms with Crippen molar-refractivity contribution in [2.24, 2.45) is 0 Å². The number of rotatable bonds is 3. The molecular formula is C12H10BrFN2O2. The SMILES string of the molecule is Cc1cnc(CNC(=O)c2c(F)cccc2Br)o1. The molecule has 1 aromatic heterocycles. The van der Waals surface area contributed by atoms with Crippen LogP contribution in [0.2, 0.25) is 0 Å². The van der Waals surface area contributed by atoms with Gasteiger partial charge in [0.15, 0.2) is 0 Å². The zero-order valence-electron chi connectivity index (χ0n) is 9.54. The van der Waals surface area contributed by atoms with Crippen molar-refractivity contribution in [1.82, 2.24) is 10.3 Å². The third kappa shape index (κ3) is 2.76. The summed E-state index contributed by atoms with van der Waals surface area (Å²) in [4.78, 5) is 15.8. The fraction of sp³-hybridized carbons (Fsp3) is 0.167. The summed E-state index contributed by atoms with van der Waals surface area (Å²) in [5.41, 5.74) is -0.0271. The fourth-order valence-corrected chi connectivity index (χ4v) is 1.96. The molecule has 1 heterocycles. The molecule has 0 atom stereocenters. The number of benzene rings is 1. The molecule has 6 heteroatoms. The highest BCUT2D eigenvalue weighted by atomic mass is 79.9. The standard InChI is InChI=1S/C12H10BrFN2O2/c1-7-5-15-10(18-7)6-16-12(17)11-8(13)3-2-4-9(11)14/h2-5H,6H2,1H3,(H,16,17). The number of amides is 1. The second-order valence-electron chi connectivity index (χ2n) is 3.64. The number of nitrogens with one attached hydrogen (secondary N) is 1. The van der Waals surface area contributed by atoms with Gasteiger partial charge in [-0.2, -0.15) is 0 Å². The number of hydrogen-bond donors (Lipinski definition) is 1. The average Bonchev–Trinajstić information content (AvgIpc) is 2.72. The number of carbonyl (C=O) groups excluding carboxylic acids is 1. The lowest BCUT2D eigenvalue weighted by Gasteiger charge is -2.06. The van der Waals surface area contributed by atoms with Crippen LogP contribution in [-0.2, 0) is 6.54 Å². The Hall–Kier alpha value is -1.69. The van der Waals surface area contributed by atoms with Gasteiger partial charge in [-0.25, -0.2) is 9.37 Å². The first-order valence-corrected chi connectivity index (χ1v) is 6.00. The van der Waals surface area contributed by atoms with E-state index in [1.165, 1.54) is 12.1 Å². The second-order valence-corrected chi connectivity index (χ2v) is 4.50. The molecule has 4 nitrogen and oxygen atoms in total. The molecule has 0 aliphatic carbocycles. The van der Waals surface area contributed by atoms with E-state index in [2.05, 4.69) is 26.2 Å². The van der Waals surface area contributed by atoms with Crippen LogP contribution in [0.4, 0.5) is 4.39 Å². The minimum Gasteiger partial charge on any atom is -0.444 e. The minimum atomic E-state index is -0.578. The molecule has 0 spiro atoms. The van der Waals surface area contributed by atoms with Crippen LogP contribution in [0.15, 0.2) is 33.3 Å². The monoisotopic (exact) mass is 312 g/mol. The molecule has 2 aromatic rings. The van der Waals surface area contributed by atoms with E-state index in [1.807, 2.05) is 0 Å². The number of hydrogen-bond acceptors (Lipinski definition) is 3. The molecule has 0 aliphatic rings. The molecule has 2 rings (SSSR count). The van der Waals surface area contributed by atoms with Crippen molar-refractivity contribution in [2.75, 3.05) is 0 Å². The van der Waals surface area contributed by atoms with Gasteiger partial charge in [-0.05, 0) is 35.0 Å². The minimum absolute atomic E-state index is 0.0271. The van der Waals surface area contributed by atoms with Gasteiger partial charge in [-0.1, -0.05) is 6.07 Å². The zero-order chi connectivity index (χ0) is 13.1. The Morgan fingerprint density at radius 3 is 2.94 bits per heavy atom. The van der Waals surface area contributed by atoms with Gasteiger partial charge in [0, 0.05) is 4.47 Å². The predicted octanol–water partition coefficient (Wildman–Crippen LogP) is 2.81. The molecule has 1 N–H and O–H groups in total. The Balaban J connectivity index is 2.08. The zero-order valence-corrected chi connectivity index (χ0v) is 11.1. The molecule has 0 saturated carbocycles. The highest BCUT2D eigenvalue weighted by Crippen LogP contribution is 2.19. The third-order valence-corrected chi connectivity index (χ3v) is 2.92. The highest BCUT2D eigenvalue weighted by molar-refractivity contribution is 9.10. The summed E-state index contributed by atoms with van der Waals surface area (Å²) in [6.07, 6.45) is 1.56. The van der Waals surface area contributed by atoms with Crippen LogP contribution in [0.1, 0.15) is 22.0 Å². The number of aryl methyl sites for hydroxylation is 1. The predicted molar refractivity (Wildman–Crippen MR) is 66.5 cm³/mol. The van der Waals surface area contributed by atoms with Crippen LogP contribution in [0.25, 0.3) is 0 Å². The van der Waals surface area contributed by atoms with Crippen molar-refractivity contribution < 1.29 is 13.6 Å². The van der Waals surface area contributed by atoms with Gasteiger partial charge in [0.1, 0.15) is 11.6 Å². The summed E-state index contributed by atoms with van der Waals surface area (Å²) in [6, 6.07) is 4.36. The quantitative estimate of drug-likeness (QED) is 0.948. The summed E-state index contributed by atoms with van der Waals surface area (Å²) in [5, 5.41) is 2.55. The number of halogens is 2. The first-order chi connectivity index (χ1) is 8.58. The number of aromatic nitrogens is 1. The van der Waals surface area contributed by atoms with Crippen molar-refractivity contribution in [3.05, 3.63) is 51.9 Å². The molecule has 0 radical (unpaired) electrons. The van der Waals surface area contributed by atoms with Crippen LogP contribution in [0.5, 0.6) is 0 Å². The lowest BCUT2D eigenvalue weighted by atomic mass is 10.2. The Bertz CT molecular complexity index is 563. The maximum Gasteiger partial charge on any atom is 0.255 e. The van der Waals surface area contributed by atoms with Crippen molar-refractivity contribution in [3.8, 4) is 0 Å². The van der Waals surface area contributed by atoms with E-state index < -0.39 is 11.7 Å². The Morgan fingerprint density at radius 2 is 2.33 bits per heavy atom. The first kappa shape index (κ1) is 12.8. The molecule has 0 saturated heterocycles. The van der Waals surface area contributed by atoms with Gasteiger partial charge in [-0.3, -0.25) is 4.79 Å². The Labute approximate surface area is 111 Å². The molecular weight excluding hydrogens is 303 g/mol. The average molecular weight is 313 g/mol. The van der Waals surface area contributed by atoms with Gasteiger partial charge in [0.05, 0.1) is 18.3 Å². The molecule has 1 aromatic carbocycles. The van der Waals surface area contributed by atoms with Crippen molar-refractivity contribution in [3.63, 3.8) is 0 Å². The van der Waals surface area contributed by atoms with Crippen LogP contribution >= 0.6 is 15.9 Å². The summed E-state index contributed by atoms with van der Waals surface area (Å²) < 4.78 is 19.1. The maximum absolute atomic E-state index is 13.5. The van der Waals surface area contributed by atoms with Crippen molar-refractivity contribution in [1.29, 1.82) is 0 Å². The number of carbonyl (C=O) groups is 1. The molecule has 0 bridgehead atoms. The molecule has 18 heavy (non-hydrogen) atoms. The molecule has 1 amide bonds. The van der Waals surface area contributed by atoms with E-state index in [0.717, 1.165) is 0 Å². The number of oxazole rings is 1. The number of nitrogens with zero attached hydrogens (tertiary/aromatic N) is 1. The van der Waals surface area contributed by atoms with Gasteiger partial charge in [0.25, 0.3) is 5.91 Å². The lowest BCUT2D eigenvalue weighted by molar-refractivity contribution is 0.0942. The van der Waals surface area contributed by atoms with E-state index >= 15 is 0 Å². The van der Waals surface area contributed by atoms with Gasteiger partial charge in [0.2, 0.25) is 5.89 Å². The van der Waals surface area contributed by atoms with E-state index in [-0.39, 0.29) is 12.1 Å². The molecule has 0 fully saturated rings. The molecule has 0 aliphatic heterocycles. The summed E-state index contributed by atoms with van der Waals surface area (Å²) in [7, 11) is 0. The smallest absolute Gasteiger partial charge is 0.255 e. The summed E-state index contributed by atoms with van der Waals surface area (Å²) >= 11 is 3.14. The second kappa shape index (κ2) is 5.30. The van der Waals surface area contributed by atoms with E-state index in [9.17, 15) is 9.18 Å². The Morgan fingerprint density at radius 1 is 1.56 bits per heavy atom. The van der Waals surface area contributed by atoms with Crippen LogP contribution in [0, 0.1) is 12.7 Å². The van der Waals surface area contributed by atoms with Gasteiger partial charge in [-0.15, -0.1) is 0 Å². The van der Waals surface area contributed by atoms with E-state index in [4.69, 9.17) is 4.42 Å². The first-order valence-electron chi connectivity index (χ1n) is 5.21. The van der Waals surface area contributed by atoms with Crippen LogP contribution in [-0.4, -0.2) is 10.9 Å². The van der Waals surface area contributed by atoms with E-state index in [0.29, 0.717) is 16.1 Å². The summed E-state index contributed by atoms with van der Waals surface area (Å²) in [6.45, 7) is 1.87. The van der Waals surface area contributed by atoms with Crippen molar-refractivity contribution in [2.45, 2.75) is 13.5 Å². The van der Waals surface area contributed by atoms with Crippen LogP contribution < -0.4 is 5.32 Å². The normalized spacial score (nSPS) is 10.4. The lowest BCUT2D eigenvalue weighted by Crippen LogP contribution is -2.24. The molecule has 0 unspecified atom stereocenters. The fourth-order valence-electron chi connectivity index (χ4n) is 1.44. The maximum atomic E-state index is 13.5. The third-order valence-electron chi connectivity index (χ3n) is 2.26. The van der Waals surface area contributed by atoms with Crippen LogP contribution in [0.3, 0.4) is 0 Å². The molecule has 94 valence electrons. The van der Waals surface area contributed by atoms with Gasteiger partial charge < -0.3 is 9.73 Å². The van der Waals surface area contributed by atoms with E-state index in [1.54, 1.807) is 19.2 Å². The summed E-state index contributed by atoms with van der Waals surface area (Å²) in [5.74, 6) is -0.0547.